The van der Waals surface area contributed by atoms with Crippen LogP contribution in [0.25, 0.3) is 0 Å². The Hall–Kier alpha value is -1.67. The fraction of sp³-hybridized carbons (Fsp3) is 0.750. The van der Waals surface area contributed by atoms with Crippen molar-refractivity contribution in [2.45, 2.75) is 32.3 Å². The highest BCUT2D eigenvalue weighted by atomic mass is 16.5. The number of carbonyl (C=O) groups excluding carboxylic acids is 1. The molecular weight excluding hydrogens is 270 g/mol. The number of hydrogen-bond donors (Lipinski definition) is 3. The largest absolute Gasteiger partial charge is 0.481 e. The van der Waals surface area contributed by atoms with E-state index in [1.807, 2.05) is 18.7 Å². The number of hydrogen-bond acceptors (Lipinski definition) is 6. The number of aliphatic carboxylic acids is 2. The summed E-state index contributed by atoms with van der Waals surface area (Å²) in [5.74, 6) is -4.21. The predicted octanol–water partition coefficient (Wildman–Crippen LogP) is -0.448. The highest BCUT2D eigenvalue weighted by Gasteiger charge is 2.41. The summed E-state index contributed by atoms with van der Waals surface area (Å²) in [5, 5.41) is 27.0. The summed E-state index contributed by atoms with van der Waals surface area (Å²) in [6.45, 7) is 6.01. The Labute approximate surface area is 116 Å². The zero-order valence-corrected chi connectivity index (χ0v) is 11.7. The summed E-state index contributed by atoms with van der Waals surface area (Å²) in [4.78, 5) is 34.8. The summed E-state index contributed by atoms with van der Waals surface area (Å²) in [6, 6.07) is 0. The smallest absolute Gasteiger partial charge is 0.336 e. The van der Waals surface area contributed by atoms with Crippen LogP contribution in [0, 0.1) is 0 Å². The number of esters is 1. The number of carbonyl (C=O) groups is 3. The maximum absolute atomic E-state index is 11.4. The average Bonchev–Trinajstić information content (AvgIpc) is 2.33. The standard InChI is InChI=1S/C12H21NO7/c1-3-13(4-2)5-6-20-10(16)8-12(19,11(17)18)7-9(14)15/h19H,3-8H2,1-2H3,(H,14,15)(H,17,18). The second-order valence-electron chi connectivity index (χ2n) is 4.33. The van der Waals surface area contributed by atoms with Crippen LogP contribution in [0.3, 0.4) is 0 Å². The van der Waals surface area contributed by atoms with Crippen molar-refractivity contribution >= 4 is 17.9 Å². The normalized spacial score (nSPS) is 13.8. The Bertz CT molecular complexity index is 354. The summed E-state index contributed by atoms with van der Waals surface area (Å²) >= 11 is 0. The molecular formula is C12H21NO7. The topological polar surface area (TPSA) is 124 Å². The lowest BCUT2D eigenvalue weighted by Gasteiger charge is -2.21. The van der Waals surface area contributed by atoms with Gasteiger partial charge in [0.1, 0.15) is 6.61 Å². The van der Waals surface area contributed by atoms with Gasteiger partial charge in [-0.25, -0.2) is 4.79 Å². The van der Waals surface area contributed by atoms with Gasteiger partial charge in [0.05, 0.1) is 12.8 Å². The minimum atomic E-state index is -2.64. The van der Waals surface area contributed by atoms with E-state index in [0.29, 0.717) is 6.54 Å². The van der Waals surface area contributed by atoms with Crippen LogP contribution in [0.15, 0.2) is 0 Å². The molecule has 0 aromatic heterocycles. The van der Waals surface area contributed by atoms with Crippen LogP contribution in [0.2, 0.25) is 0 Å². The fourth-order valence-corrected chi connectivity index (χ4v) is 1.58. The number of nitrogens with zero attached hydrogens (tertiary/aromatic N) is 1. The van der Waals surface area contributed by atoms with E-state index in [4.69, 9.17) is 14.9 Å². The van der Waals surface area contributed by atoms with E-state index in [-0.39, 0.29) is 6.61 Å². The number of carboxylic acids is 2. The lowest BCUT2D eigenvalue weighted by atomic mass is 9.96. The monoisotopic (exact) mass is 291 g/mol. The molecule has 8 nitrogen and oxygen atoms in total. The third-order valence-electron chi connectivity index (χ3n) is 2.84. The highest BCUT2D eigenvalue weighted by molar-refractivity contribution is 5.88. The fourth-order valence-electron chi connectivity index (χ4n) is 1.58. The molecule has 8 heteroatoms. The van der Waals surface area contributed by atoms with E-state index in [9.17, 15) is 19.5 Å². The second kappa shape index (κ2) is 8.49. The molecule has 0 saturated carbocycles. The molecule has 0 aliphatic heterocycles. The Morgan fingerprint density at radius 2 is 1.65 bits per heavy atom. The Kier molecular flexibility index (Phi) is 7.78. The van der Waals surface area contributed by atoms with Crippen molar-refractivity contribution in [3.05, 3.63) is 0 Å². The van der Waals surface area contributed by atoms with Crippen molar-refractivity contribution < 1.29 is 34.4 Å². The van der Waals surface area contributed by atoms with Crippen molar-refractivity contribution in [1.29, 1.82) is 0 Å². The SMILES string of the molecule is CCN(CC)CCOC(=O)CC(O)(CC(=O)O)C(=O)O. The Morgan fingerprint density at radius 3 is 2.05 bits per heavy atom. The number of likely N-dealkylation sites (N-methyl/N-ethyl adjacent to an activating group) is 1. The molecule has 116 valence electrons. The van der Waals surface area contributed by atoms with Gasteiger partial charge >= 0.3 is 17.9 Å². The maximum Gasteiger partial charge on any atom is 0.336 e. The molecule has 0 aliphatic rings. The molecule has 1 unspecified atom stereocenters. The first-order valence-corrected chi connectivity index (χ1v) is 6.30. The van der Waals surface area contributed by atoms with E-state index in [1.54, 1.807) is 0 Å². The van der Waals surface area contributed by atoms with E-state index >= 15 is 0 Å². The molecule has 20 heavy (non-hydrogen) atoms. The molecule has 0 fully saturated rings. The maximum atomic E-state index is 11.4. The lowest BCUT2D eigenvalue weighted by Crippen LogP contribution is -2.43. The van der Waals surface area contributed by atoms with Crippen molar-refractivity contribution in [3.63, 3.8) is 0 Å². The molecule has 3 N–H and O–H groups in total. The first-order chi connectivity index (χ1) is 9.25. The third kappa shape index (κ3) is 6.48. The zero-order valence-electron chi connectivity index (χ0n) is 11.7. The first kappa shape index (κ1) is 18.3. The molecule has 0 bridgehead atoms. The molecule has 0 radical (unpaired) electrons. The van der Waals surface area contributed by atoms with Gasteiger partial charge in [0, 0.05) is 6.54 Å². The molecule has 0 heterocycles. The van der Waals surface area contributed by atoms with E-state index in [2.05, 4.69) is 0 Å². The van der Waals surface area contributed by atoms with Crippen LogP contribution in [0.5, 0.6) is 0 Å². The van der Waals surface area contributed by atoms with Gasteiger partial charge in [-0.1, -0.05) is 13.8 Å². The van der Waals surface area contributed by atoms with Crippen LogP contribution in [-0.2, 0) is 19.1 Å². The molecule has 0 amide bonds. The van der Waals surface area contributed by atoms with Crippen molar-refractivity contribution in [2.24, 2.45) is 0 Å². The van der Waals surface area contributed by atoms with E-state index in [1.165, 1.54) is 0 Å². The number of carboxylic acid groups (broad SMARTS) is 2. The predicted molar refractivity (Wildman–Crippen MR) is 68.2 cm³/mol. The van der Waals surface area contributed by atoms with Gasteiger partial charge in [0.15, 0.2) is 5.60 Å². The number of aliphatic hydroxyl groups is 1. The van der Waals surface area contributed by atoms with E-state index < -0.39 is 36.4 Å². The van der Waals surface area contributed by atoms with Gasteiger partial charge in [-0.05, 0) is 13.1 Å². The van der Waals surface area contributed by atoms with Crippen LogP contribution in [-0.4, -0.2) is 70.0 Å². The minimum absolute atomic E-state index is 0.0588. The molecule has 0 saturated heterocycles. The van der Waals surface area contributed by atoms with Gasteiger partial charge in [-0.2, -0.15) is 0 Å². The minimum Gasteiger partial charge on any atom is -0.481 e. The second-order valence-corrected chi connectivity index (χ2v) is 4.33. The Morgan fingerprint density at radius 1 is 1.10 bits per heavy atom. The van der Waals surface area contributed by atoms with Crippen LogP contribution in [0.1, 0.15) is 26.7 Å². The van der Waals surface area contributed by atoms with Gasteiger partial charge < -0.3 is 25.0 Å². The first-order valence-electron chi connectivity index (χ1n) is 6.30. The quantitative estimate of drug-likeness (QED) is 0.462. The van der Waals surface area contributed by atoms with E-state index in [0.717, 1.165) is 13.1 Å². The summed E-state index contributed by atoms with van der Waals surface area (Å²) in [6.07, 6.45) is -1.96. The molecule has 0 aromatic carbocycles. The zero-order chi connectivity index (χ0) is 15.8. The van der Waals surface area contributed by atoms with Crippen molar-refractivity contribution in [3.8, 4) is 0 Å². The van der Waals surface area contributed by atoms with Gasteiger partial charge in [0.2, 0.25) is 0 Å². The highest BCUT2D eigenvalue weighted by Crippen LogP contribution is 2.16. The molecule has 0 aromatic rings. The van der Waals surface area contributed by atoms with Gasteiger partial charge in [-0.15, -0.1) is 0 Å². The van der Waals surface area contributed by atoms with Crippen LogP contribution in [0.4, 0.5) is 0 Å². The molecule has 0 aliphatic carbocycles. The molecule has 0 spiro atoms. The average molecular weight is 291 g/mol. The lowest BCUT2D eigenvalue weighted by molar-refractivity contribution is -0.172. The van der Waals surface area contributed by atoms with Gasteiger partial charge in [-0.3, -0.25) is 9.59 Å². The summed E-state index contributed by atoms with van der Waals surface area (Å²) in [7, 11) is 0. The number of rotatable bonds is 10. The van der Waals surface area contributed by atoms with Crippen molar-refractivity contribution in [1.82, 2.24) is 4.90 Å². The van der Waals surface area contributed by atoms with Crippen molar-refractivity contribution in [2.75, 3.05) is 26.2 Å². The third-order valence-corrected chi connectivity index (χ3v) is 2.84. The summed E-state index contributed by atoms with van der Waals surface area (Å²) < 4.78 is 4.81. The molecule has 1 atom stereocenters. The number of ether oxygens (including phenoxy) is 1. The Balaban J connectivity index is 4.34. The van der Waals surface area contributed by atoms with Crippen LogP contribution < -0.4 is 0 Å². The molecule has 0 rings (SSSR count). The summed E-state index contributed by atoms with van der Waals surface area (Å²) in [5.41, 5.74) is -2.64. The van der Waals surface area contributed by atoms with Crippen LogP contribution >= 0.6 is 0 Å². The van der Waals surface area contributed by atoms with Gasteiger partial charge in [0.25, 0.3) is 0 Å².